The number of benzene rings is 2. The second kappa shape index (κ2) is 7.38. The predicted octanol–water partition coefficient (Wildman–Crippen LogP) is 3.39. The van der Waals surface area contributed by atoms with Gasteiger partial charge in [0, 0.05) is 5.69 Å². The minimum absolute atomic E-state index is 0.154. The first-order chi connectivity index (χ1) is 12.1. The van der Waals surface area contributed by atoms with Crippen LogP contribution in [0.2, 0.25) is 0 Å². The second-order valence-corrected chi connectivity index (χ2v) is 5.95. The molecule has 1 saturated heterocycles. The van der Waals surface area contributed by atoms with E-state index in [1.807, 2.05) is 31.2 Å². The van der Waals surface area contributed by atoms with Crippen molar-refractivity contribution >= 4 is 23.2 Å². The number of carbonyl (C=O) groups is 2. The van der Waals surface area contributed by atoms with E-state index in [-0.39, 0.29) is 18.2 Å². The highest BCUT2D eigenvalue weighted by atomic mass is 16.5. The molecule has 0 aromatic heterocycles. The van der Waals surface area contributed by atoms with Gasteiger partial charge in [0.15, 0.2) is 0 Å². The smallest absolute Gasteiger partial charge is 0.256 e. The van der Waals surface area contributed by atoms with E-state index in [0.29, 0.717) is 12.3 Å². The van der Waals surface area contributed by atoms with Crippen LogP contribution in [0.4, 0.5) is 11.4 Å². The molecule has 0 unspecified atom stereocenters. The van der Waals surface area contributed by atoms with Crippen molar-refractivity contribution in [3.63, 3.8) is 0 Å². The lowest BCUT2D eigenvalue weighted by Crippen LogP contribution is -2.34. The molecule has 3 rings (SSSR count). The lowest BCUT2D eigenvalue weighted by atomic mass is 10.1. The van der Waals surface area contributed by atoms with Gasteiger partial charge in [-0.3, -0.25) is 9.59 Å². The summed E-state index contributed by atoms with van der Waals surface area (Å²) < 4.78 is 5.40. The Balaban J connectivity index is 1.72. The van der Waals surface area contributed by atoms with E-state index in [4.69, 9.17) is 4.74 Å². The molecule has 1 aliphatic heterocycles. The van der Waals surface area contributed by atoms with Gasteiger partial charge in [0.2, 0.25) is 5.91 Å². The highest BCUT2D eigenvalue weighted by molar-refractivity contribution is 6.23. The SMILES string of the molecule is CCOc1ccc(N2C(=O)C[C@H](Nc3ccc(CC)cc3)C2=O)cc1. The van der Waals surface area contributed by atoms with Crippen LogP contribution in [-0.2, 0) is 16.0 Å². The van der Waals surface area contributed by atoms with Crippen LogP contribution in [0.1, 0.15) is 25.8 Å². The Morgan fingerprint density at radius 2 is 1.72 bits per heavy atom. The van der Waals surface area contributed by atoms with Gasteiger partial charge < -0.3 is 10.1 Å². The number of rotatable bonds is 6. The maximum absolute atomic E-state index is 12.7. The van der Waals surface area contributed by atoms with Crippen molar-refractivity contribution in [1.82, 2.24) is 0 Å². The van der Waals surface area contributed by atoms with E-state index in [9.17, 15) is 9.59 Å². The summed E-state index contributed by atoms with van der Waals surface area (Å²) in [5, 5.41) is 3.17. The minimum atomic E-state index is -0.536. The van der Waals surface area contributed by atoms with Crippen LogP contribution in [0.5, 0.6) is 5.75 Å². The van der Waals surface area contributed by atoms with Gasteiger partial charge in [-0.25, -0.2) is 4.90 Å². The number of aryl methyl sites for hydroxylation is 1. The fourth-order valence-corrected chi connectivity index (χ4v) is 2.91. The summed E-state index contributed by atoms with van der Waals surface area (Å²) in [6.45, 7) is 4.57. The third kappa shape index (κ3) is 3.65. The number of hydrogen-bond acceptors (Lipinski definition) is 4. The molecular formula is C20H22N2O3. The lowest BCUT2D eigenvalue weighted by Gasteiger charge is -2.16. The average molecular weight is 338 g/mol. The first kappa shape index (κ1) is 17.0. The van der Waals surface area contributed by atoms with Crippen LogP contribution < -0.4 is 15.0 Å². The number of nitrogens with zero attached hydrogens (tertiary/aromatic N) is 1. The van der Waals surface area contributed by atoms with Gasteiger partial charge in [-0.15, -0.1) is 0 Å². The van der Waals surface area contributed by atoms with Gasteiger partial charge in [-0.2, -0.15) is 0 Å². The standard InChI is InChI=1S/C20H22N2O3/c1-3-14-5-7-15(8-6-14)21-18-13-19(23)22(20(18)24)16-9-11-17(12-10-16)25-4-2/h5-12,18,21H,3-4,13H2,1-2H3/t18-/m0/s1. The van der Waals surface area contributed by atoms with Crippen molar-refractivity contribution in [3.05, 3.63) is 54.1 Å². The number of imide groups is 1. The molecule has 0 saturated carbocycles. The van der Waals surface area contributed by atoms with Gasteiger partial charge in [0.05, 0.1) is 18.7 Å². The largest absolute Gasteiger partial charge is 0.494 e. The van der Waals surface area contributed by atoms with E-state index < -0.39 is 6.04 Å². The number of hydrogen-bond donors (Lipinski definition) is 1. The quantitative estimate of drug-likeness (QED) is 0.820. The van der Waals surface area contributed by atoms with Gasteiger partial charge in [-0.05, 0) is 55.3 Å². The Morgan fingerprint density at radius 1 is 1.04 bits per heavy atom. The van der Waals surface area contributed by atoms with E-state index in [2.05, 4.69) is 12.2 Å². The first-order valence-corrected chi connectivity index (χ1v) is 8.57. The Bertz CT molecular complexity index is 754. The van der Waals surface area contributed by atoms with Gasteiger partial charge in [0.25, 0.3) is 5.91 Å². The van der Waals surface area contributed by atoms with E-state index >= 15 is 0 Å². The minimum Gasteiger partial charge on any atom is -0.494 e. The molecule has 2 aromatic carbocycles. The topological polar surface area (TPSA) is 58.6 Å². The Labute approximate surface area is 147 Å². The molecule has 130 valence electrons. The zero-order chi connectivity index (χ0) is 17.8. The van der Waals surface area contributed by atoms with Crippen LogP contribution in [0, 0.1) is 0 Å². The van der Waals surface area contributed by atoms with Gasteiger partial charge in [-0.1, -0.05) is 19.1 Å². The number of amides is 2. The number of carbonyl (C=O) groups excluding carboxylic acids is 2. The molecule has 2 aromatic rings. The summed E-state index contributed by atoms with van der Waals surface area (Å²) in [5.41, 5.74) is 2.65. The molecule has 0 aliphatic carbocycles. The fourth-order valence-electron chi connectivity index (χ4n) is 2.91. The van der Waals surface area contributed by atoms with Gasteiger partial charge in [0.1, 0.15) is 11.8 Å². The lowest BCUT2D eigenvalue weighted by molar-refractivity contribution is -0.121. The third-order valence-corrected chi connectivity index (χ3v) is 4.26. The Kier molecular flexibility index (Phi) is 5.03. The van der Waals surface area contributed by atoms with Crippen LogP contribution in [0.3, 0.4) is 0 Å². The van der Waals surface area contributed by atoms with E-state index in [1.165, 1.54) is 10.5 Å². The highest BCUT2D eigenvalue weighted by Crippen LogP contribution is 2.27. The van der Waals surface area contributed by atoms with E-state index in [1.54, 1.807) is 24.3 Å². The Hall–Kier alpha value is -2.82. The number of anilines is 2. The summed E-state index contributed by atoms with van der Waals surface area (Å²) in [6.07, 6.45) is 1.12. The van der Waals surface area contributed by atoms with Crippen molar-refractivity contribution in [3.8, 4) is 5.75 Å². The van der Waals surface area contributed by atoms with Crippen molar-refractivity contribution in [1.29, 1.82) is 0 Å². The fraction of sp³-hybridized carbons (Fsp3) is 0.300. The molecule has 1 atom stereocenters. The summed E-state index contributed by atoms with van der Waals surface area (Å²) in [6, 6.07) is 14.4. The third-order valence-electron chi connectivity index (χ3n) is 4.26. The summed E-state index contributed by atoms with van der Waals surface area (Å²) in [5.74, 6) is 0.293. The monoisotopic (exact) mass is 338 g/mol. The van der Waals surface area contributed by atoms with Crippen molar-refractivity contribution in [2.75, 3.05) is 16.8 Å². The predicted molar refractivity (Wildman–Crippen MR) is 98.0 cm³/mol. The zero-order valence-electron chi connectivity index (χ0n) is 14.5. The van der Waals surface area contributed by atoms with Crippen LogP contribution in [0.15, 0.2) is 48.5 Å². The molecule has 5 nitrogen and oxygen atoms in total. The summed E-state index contributed by atoms with van der Waals surface area (Å²) >= 11 is 0. The zero-order valence-corrected chi connectivity index (χ0v) is 14.5. The first-order valence-electron chi connectivity index (χ1n) is 8.57. The summed E-state index contributed by atoms with van der Waals surface area (Å²) in [4.78, 5) is 26.2. The molecule has 1 N–H and O–H groups in total. The number of ether oxygens (including phenoxy) is 1. The van der Waals surface area contributed by atoms with Crippen LogP contribution in [-0.4, -0.2) is 24.5 Å². The molecule has 1 heterocycles. The molecule has 1 fully saturated rings. The molecule has 0 spiro atoms. The highest BCUT2D eigenvalue weighted by Gasteiger charge is 2.39. The van der Waals surface area contributed by atoms with Crippen molar-refractivity contribution in [2.45, 2.75) is 32.7 Å². The second-order valence-electron chi connectivity index (χ2n) is 5.95. The molecule has 0 radical (unpaired) electrons. The van der Waals surface area contributed by atoms with Crippen LogP contribution >= 0.6 is 0 Å². The summed E-state index contributed by atoms with van der Waals surface area (Å²) in [7, 11) is 0. The molecule has 5 heteroatoms. The maximum Gasteiger partial charge on any atom is 0.256 e. The maximum atomic E-state index is 12.7. The molecule has 0 bridgehead atoms. The molecule has 25 heavy (non-hydrogen) atoms. The number of nitrogens with one attached hydrogen (secondary N) is 1. The Morgan fingerprint density at radius 3 is 2.32 bits per heavy atom. The molecular weight excluding hydrogens is 316 g/mol. The molecule has 2 amide bonds. The van der Waals surface area contributed by atoms with Crippen molar-refractivity contribution < 1.29 is 14.3 Å². The molecule has 1 aliphatic rings. The van der Waals surface area contributed by atoms with E-state index in [0.717, 1.165) is 17.9 Å². The van der Waals surface area contributed by atoms with Crippen LogP contribution in [0.25, 0.3) is 0 Å². The van der Waals surface area contributed by atoms with Gasteiger partial charge >= 0.3 is 0 Å². The van der Waals surface area contributed by atoms with Crippen molar-refractivity contribution in [2.24, 2.45) is 0 Å². The average Bonchev–Trinajstić information content (AvgIpc) is 2.90. The normalized spacial score (nSPS) is 17.0.